The minimum Gasteiger partial charge on any atom is -0.306 e. The number of fused-ring (bicyclic) bond motifs is 5. The van der Waals surface area contributed by atoms with Crippen molar-refractivity contribution in [2.45, 2.75) is 64.3 Å². The van der Waals surface area contributed by atoms with Crippen molar-refractivity contribution in [1.82, 2.24) is 9.88 Å². The predicted molar refractivity (Wildman–Crippen MR) is 112 cm³/mol. The van der Waals surface area contributed by atoms with E-state index in [-0.39, 0.29) is 0 Å². The number of hydrogen-bond donors (Lipinski definition) is 0. The van der Waals surface area contributed by atoms with E-state index in [4.69, 9.17) is 0 Å². The second kappa shape index (κ2) is 6.72. The Balaban J connectivity index is 1.36. The summed E-state index contributed by atoms with van der Waals surface area (Å²) in [4.78, 5) is 6.90. The van der Waals surface area contributed by atoms with Crippen molar-refractivity contribution in [3.8, 4) is 0 Å². The van der Waals surface area contributed by atoms with E-state index in [1.807, 2.05) is 6.20 Å². The van der Waals surface area contributed by atoms with Gasteiger partial charge in [-0.25, -0.2) is 0 Å². The maximum absolute atomic E-state index is 4.41. The number of allylic oxidation sites excluding steroid dienone is 2. The fraction of sp³-hybridized carbons (Fsp3) is 0.720. The lowest BCUT2D eigenvalue weighted by atomic mass is 9.49. The van der Waals surface area contributed by atoms with Crippen LogP contribution in [0.1, 0.15) is 63.9 Å². The first-order valence-electron chi connectivity index (χ1n) is 11.4. The maximum Gasteiger partial charge on any atom is 0.0343 e. The Morgan fingerprint density at radius 3 is 2.67 bits per heavy atom. The Kier molecular flexibility index (Phi) is 4.46. The van der Waals surface area contributed by atoms with Crippen molar-refractivity contribution in [3.05, 3.63) is 36.2 Å². The summed E-state index contributed by atoms with van der Waals surface area (Å²) >= 11 is 0. The highest BCUT2D eigenvalue weighted by Crippen LogP contribution is 2.64. The van der Waals surface area contributed by atoms with Gasteiger partial charge in [0.2, 0.25) is 0 Å². The molecule has 27 heavy (non-hydrogen) atoms. The van der Waals surface area contributed by atoms with Gasteiger partial charge in [-0.3, -0.25) is 4.98 Å². The van der Waals surface area contributed by atoms with Gasteiger partial charge in [-0.05, 0) is 118 Å². The summed E-state index contributed by atoms with van der Waals surface area (Å²) in [6, 6.07) is 5.22. The quantitative estimate of drug-likeness (QED) is 0.673. The molecule has 7 atom stereocenters. The molecule has 1 aromatic heterocycles. The Morgan fingerprint density at radius 1 is 1.04 bits per heavy atom. The zero-order valence-corrected chi connectivity index (χ0v) is 17.4. The SMILES string of the molecule is CN(C)[C@H]1CC[C@H]2[C@@H](CC[C@@H]3[C@@H]2CC[C@]2(C)C(c4cccnc4)=CC[C@@H]32)C1. The Labute approximate surface area is 165 Å². The third kappa shape index (κ3) is 2.82. The minimum atomic E-state index is 0.387. The van der Waals surface area contributed by atoms with Crippen LogP contribution < -0.4 is 0 Å². The third-order valence-electron chi connectivity index (χ3n) is 9.21. The summed E-state index contributed by atoms with van der Waals surface area (Å²) in [5, 5.41) is 0. The normalized spacial score (nSPS) is 43.6. The van der Waals surface area contributed by atoms with Crippen molar-refractivity contribution >= 4 is 5.57 Å². The molecule has 3 saturated carbocycles. The smallest absolute Gasteiger partial charge is 0.0343 e. The van der Waals surface area contributed by atoms with E-state index in [1.54, 1.807) is 5.57 Å². The van der Waals surface area contributed by atoms with Gasteiger partial charge in [-0.1, -0.05) is 19.1 Å². The number of rotatable bonds is 2. The van der Waals surface area contributed by atoms with E-state index in [0.29, 0.717) is 5.41 Å². The maximum atomic E-state index is 4.41. The van der Waals surface area contributed by atoms with Gasteiger partial charge in [0, 0.05) is 18.4 Å². The molecule has 1 heterocycles. The van der Waals surface area contributed by atoms with Crippen LogP contribution in [-0.4, -0.2) is 30.0 Å². The number of hydrogen-bond acceptors (Lipinski definition) is 2. The lowest BCUT2D eigenvalue weighted by molar-refractivity contribution is -0.0482. The Bertz CT molecular complexity index is 708. The second-order valence-corrected chi connectivity index (χ2v) is 10.4. The first-order valence-corrected chi connectivity index (χ1v) is 11.4. The molecule has 5 rings (SSSR count). The molecule has 0 spiro atoms. The van der Waals surface area contributed by atoms with E-state index >= 15 is 0 Å². The molecule has 4 aliphatic carbocycles. The summed E-state index contributed by atoms with van der Waals surface area (Å²) in [5.74, 6) is 4.87. The van der Waals surface area contributed by atoms with Crippen LogP contribution in [0, 0.1) is 35.0 Å². The Hall–Kier alpha value is -1.15. The van der Waals surface area contributed by atoms with Gasteiger partial charge < -0.3 is 4.90 Å². The van der Waals surface area contributed by atoms with Crippen molar-refractivity contribution in [2.75, 3.05) is 14.1 Å². The van der Waals surface area contributed by atoms with Crippen molar-refractivity contribution in [1.29, 1.82) is 0 Å². The lowest BCUT2D eigenvalue weighted by Crippen LogP contribution is -2.49. The zero-order valence-electron chi connectivity index (χ0n) is 17.4. The van der Waals surface area contributed by atoms with Gasteiger partial charge >= 0.3 is 0 Å². The molecule has 0 bridgehead atoms. The van der Waals surface area contributed by atoms with Crippen LogP contribution in [0.3, 0.4) is 0 Å². The monoisotopic (exact) mass is 364 g/mol. The summed E-state index contributed by atoms with van der Waals surface area (Å²) in [6.45, 7) is 2.58. The zero-order chi connectivity index (χ0) is 18.6. The highest BCUT2D eigenvalue weighted by atomic mass is 15.1. The topological polar surface area (TPSA) is 16.1 Å². The van der Waals surface area contributed by atoms with Gasteiger partial charge in [0.05, 0.1) is 0 Å². The highest BCUT2D eigenvalue weighted by molar-refractivity contribution is 5.72. The van der Waals surface area contributed by atoms with Crippen LogP contribution in [-0.2, 0) is 0 Å². The molecule has 146 valence electrons. The van der Waals surface area contributed by atoms with E-state index < -0.39 is 0 Å². The van der Waals surface area contributed by atoms with E-state index in [0.717, 1.165) is 35.6 Å². The van der Waals surface area contributed by atoms with Gasteiger partial charge in [-0.15, -0.1) is 0 Å². The van der Waals surface area contributed by atoms with Crippen LogP contribution in [0.5, 0.6) is 0 Å². The molecule has 0 aliphatic heterocycles. The summed E-state index contributed by atoms with van der Waals surface area (Å²) < 4.78 is 0. The first kappa shape index (κ1) is 17.9. The number of nitrogens with zero attached hydrogens (tertiary/aromatic N) is 2. The van der Waals surface area contributed by atoms with Crippen LogP contribution in [0.4, 0.5) is 0 Å². The molecule has 0 saturated heterocycles. The summed E-state index contributed by atoms with van der Waals surface area (Å²) in [5.41, 5.74) is 3.37. The average molecular weight is 365 g/mol. The lowest BCUT2D eigenvalue weighted by Gasteiger charge is -2.56. The Morgan fingerprint density at radius 2 is 1.89 bits per heavy atom. The first-order chi connectivity index (χ1) is 13.1. The molecule has 3 fully saturated rings. The van der Waals surface area contributed by atoms with Crippen molar-refractivity contribution in [2.24, 2.45) is 35.0 Å². The average Bonchev–Trinajstić information content (AvgIpc) is 3.05. The third-order valence-corrected chi connectivity index (χ3v) is 9.21. The highest BCUT2D eigenvalue weighted by Gasteiger charge is 2.54. The standard InChI is InChI=1S/C25H36N2/c1-25-13-12-21-20-9-7-19(27(2)3)15-17(20)6-8-22(21)24(25)11-10-23(25)18-5-4-14-26-16-18/h4-5,10,14,16-17,19-22,24H,6-9,11-13,15H2,1-3H3/t17-,19-,20-,21+,22+,24-,25+/m0/s1. The molecule has 2 nitrogen and oxygen atoms in total. The molecule has 0 aromatic carbocycles. The fourth-order valence-corrected chi connectivity index (χ4v) is 7.83. The second-order valence-electron chi connectivity index (χ2n) is 10.4. The van der Waals surface area contributed by atoms with E-state index in [2.05, 4.69) is 55.3 Å². The molecular weight excluding hydrogens is 328 g/mol. The molecule has 1 aromatic rings. The summed E-state index contributed by atoms with van der Waals surface area (Å²) in [7, 11) is 4.57. The molecule has 0 radical (unpaired) electrons. The van der Waals surface area contributed by atoms with E-state index in [1.165, 1.54) is 56.9 Å². The van der Waals surface area contributed by atoms with Crippen LogP contribution in [0.2, 0.25) is 0 Å². The molecule has 4 aliphatic rings. The van der Waals surface area contributed by atoms with Gasteiger partial charge in [0.1, 0.15) is 0 Å². The van der Waals surface area contributed by atoms with Crippen LogP contribution in [0.15, 0.2) is 30.6 Å². The molecular formula is C25H36N2. The van der Waals surface area contributed by atoms with Gasteiger partial charge in [-0.2, -0.15) is 0 Å². The van der Waals surface area contributed by atoms with E-state index in [9.17, 15) is 0 Å². The van der Waals surface area contributed by atoms with Gasteiger partial charge in [0.15, 0.2) is 0 Å². The molecule has 0 unspecified atom stereocenters. The molecule has 0 N–H and O–H groups in total. The van der Waals surface area contributed by atoms with Gasteiger partial charge in [0.25, 0.3) is 0 Å². The van der Waals surface area contributed by atoms with Crippen LogP contribution >= 0.6 is 0 Å². The van der Waals surface area contributed by atoms with Crippen molar-refractivity contribution < 1.29 is 0 Å². The van der Waals surface area contributed by atoms with Crippen molar-refractivity contribution in [3.63, 3.8) is 0 Å². The summed E-state index contributed by atoms with van der Waals surface area (Å²) in [6.07, 6.45) is 18.1. The fourth-order valence-electron chi connectivity index (χ4n) is 7.83. The number of pyridine rings is 1. The minimum absolute atomic E-state index is 0.387. The molecule has 2 heteroatoms. The number of aromatic nitrogens is 1. The van der Waals surface area contributed by atoms with Crippen LogP contribution in [0.25, 0.3) is 5.57 Å². The largest absolute Gasteiger partial charge is 0.306 e. The molecule has 0 amide bonds. The predicted octanol–water partition coefficient (Wildman–Crippen LogP) is 5.66.